The number of ether oxygens (including phenoxy) is 1. The first-order valence-corrected chi connectivity index (χ1v) is 15.8. The Labute approximate surface area is 280 Å². The second-order valence-corrected chi connectivity index (χ2v) is 12.0. The molecule has 4 aromatic rings. The molecule has 0 aromatic heterocycles. The predicted molar refractivity (Wildman–Crippen MR) is 175 cm³/mol. The first kappa shape index (κ1) is 34.9. The SMILES string of the molecule is O=C(Cc1ccc(N(C(=O)c2ccccc2-c2ccc(C(F)(F)F)cc2)C2CCCCC2)cc1)OCC(C(=O)O)(C(=O)O)c1ccccc1. The number of hydrogen-bond donors (Lipinski definition) is 2. The number of esters is 1. The first-order valence-electron chi connectivity index (χ1n) is 15.8. The van der Waals surface area contributed by atoms with Gasteiger partial charge in [-0.2, -0.15) is 13.2 Å². The summed E-state index contributed by atoms with van der Waals surface area (Å²) >= 11 is 0. The van der Waals surface area contributed by atoms with Gasteiger partial charge in [0, 0.05) is 17.3 Å². The number of carboxylic acids is 2. The molecule has 11 heteroatoms. The highest BCUT2D eigenvalue weighted by Crippen LogP contribution is 2.35. The highest BCUT2D eigenvalue weighted by molar-refractivity contribution is 6.10. The van der Waals surface area contributed by atoms with Gasteiger partial charge in [-0.25, -0.2) is 0 Å². The van der Waals surface area contributed by atoms with Crippen molar-refractivity contribution < 1.29 is 47.3 Å². The summed E-state index contributed by atoms with van der Waals surface area (Å²) in [4.78, 5) is 53.1. The Morgan fingerprint density at radius 3 is 1.90 bits per heavy atom. The van der Waals surface area contributed by atoms with E-state index in [-0.39, 0.29) is 23.9 Å². The van der Waals surface area contributed by atoms with E-state index in [1.54, 1.807) is 59.5 Å². The number of carboxylic acid groups (broad SMARTS) is 2. The Balaban J connectivity index is 1.37. The number of benzene rings is 4. The maximum Gasteiger partial charge on any atom is 0.416 e. The van der Waals surface area contributed by atoms with Crippen LogP contribution in [0.2, 0.25) is 0 Å². The summed E-state index contributed by atoms with van der Waals surface area (Å²) in [6, 6.07) is 25.3. The molecule has 0 aliphatic heterocycles. The quantitative estimate of drug-likeness (QED) is 0.125. The number of alkyl halides is 3. The van der Waals surface area contributed by atoms with Crippen LogP contribution >= 0.6 is 0 Å². The van der Waals surface area contributed by atoms with E-state index in [2.05, 4.69) is 0 Å². The molecular formula is C38H34F3NO7. The molecule has 254 valence electrons. The summed E-state index contributed by atoms with van der Waals surface area (Å²) in [6.07, 6.45) is -0.350. The number of hydrogen-bond acceptors (Lipinski definition) is 5. The van der Waals surface area contributed by atoms with E-state index < -0.39 is 41.7 Å². The van der Waals surface area contributed by atoms with Crippen LogP contribution in [0.1, 0.15) is 59.2 Å². The van der Waals surface area contributed by atoms with Gasteiger partial charge < -0.3 is 19.8 Å². The molecule has 2 N–H and O–H groups in total. The zero-order valence-corrected chi connectivity index (χ0v) is 26.4. The number of anilines is 1. The van der Waals surface area contributed by atoms with Gasteiger partial charge >= 0.3 is 24.1 Å². The Kier molecular flexibility index (Phi) is 10.5. The average Bonchev–Trinajstić information content (AvgIpc) is 3.10. The summed E-state index contributed by atoms with van der Waals surface area (Å²) in [5.41, 5.74) is -0.960. The van der Waals surface area contributed by atoms with Gasteiger partial charge in [-0.3, -0.25) is 19.2 Å². The number of carbonyl (C=O) groups excluding carboxylic acids is 2. The molecule has 0 spiro atoms. The fraction of sp³-hybridized carbons (Fsp3) is 0.263. The second kappa shape index (κ2) is 14.8. The predicted octanol–water partition coefficient (Wildman–Crippen LogP) is 7.54. The number of rotatable bonds is 11. The average molecular weight is 674 g/mol. The zero-order valence-electron chi connectivity index (χ0n) is 26.4. The van der Waals surface area contributed by atoms with Crippen LogP contribution in [0.15, 0.2) is 103 Å². The number of aliphatic carboxylic acids is 2. The lowest BCUT2D eigenvalue weighted by molar-refractivity contribution is -0.164. The van der Waals surface area contributed by atoms with Crippen LogP contribution in [-0.2, 0) is 37.1 Å². The van der Waals surface area contributed by atoms with Gasteiger partial charge in [0.25, 0.3) is 5.91 Å². The van der Waals surface area contributed by atoms with Gasteiger partial charge in [0.1, 0.15) is 6.61 Å². The minimum atomic E-state index is -4.49. The molecule has 1 fully saturated rings. The third kappa shape index (κ3) is 7.66. The fourth-order valence-corrected chi connectivity index (χ4v) is 6.17. The van der Waals surface area contributed by atoms with E-state index in [0.717, 1.165) is 44.2 Å². The maximum atomic E-state index is 14.3. The molecule has 0 saturated heterocycles. The molecular weight excluding hydrogens is 639 g/mol. The molecule has 4 aromatic carbocycles. The largest absolute Gasteiger partial charge is 0.480 e. The lowest BCUT2D eigenvalue weighted by Crippen LogP contribution is -2.48. The molecule has 49 heavy (non-hydrogen) atoms. The topological polar surface area (TPSA) is 121 Å². The summed E-state index contributed by atoms with van der Waals surface area (Å²) < 4.78 is 44.8. The summed E-state index contributed by atoms with van der Waals surface area (Å²) in [5.74, 6) is -4.48. The van der Waals surface area contributed by atoms with Crippen LogP contribution in [-0.4, -0.2) is 46.7 Å². The highest BCUT2D eigenvalue weighted by Gasteiger charge is 2.50. The smallest absolute Gasteiger partial charge is 0.416 e. The third-order valence-electron chi connectivity index (χ3n) is 8.85. The molecule has 1 aliphatic rings. The Bertz CT molecular complexity index is 1790. The van der Waals surface area contributed by atoms with Crippen LogP contribution in [0, 0.1) is 0 Å². The third-order valence-corrected chi connectivity index (χ3v) is 8.85. The van der Waals surface area contributed by atoms with Crippen LogP contribution in [0.5, 0.6) is 0 Å². The van der Waals surface area contributed by atoms with E-state index in [9.17, 15) is 42.6 Å². The summed E-state index contributed by atoms with van der Waals surface area (Å²) in [6.45, 7) is -0.916. The van der Waals surface area contributed by atoms with E-state index in [1.165, 1.54) is 36.4 Å². The standard InChI is InChI=1S/C38H34F3NO7/c39-38(40,41)28-19-17-26(18-20-28)31-13-7-8-14-32(31)34(44)42(29-11-5-2-6-12-29)30-21-15-25(16-22-30)23-33(43)49-24-37(35(45)46,36(47)48)27-9-3-1-4-10-27/h1,3-4,7-10,13-22,29H,2,5-6,11-12,23-24H2,(H,45,46)(H,47,48). The molecule has 0 bridgehead atoms. The van der Waals surface area contributed by atoms with E-state index >= 15 is 0 Å². The number of amides is 1. The molecule has 1 aliphatic carbocycles. The van der Waals surface area contributed by atoms with Crippen molar-refractivity contribution in [2.45, 2.75) is 56.2 Å². The highest BCUT2D eigenvalue weighted by atomic mass is 19.4. The van der Waals surface area contributed by atoms with Crippen LogP contribution in [0.25, 0.3) is 11.1 Å². The fourth-order valence-electron chi connectivity index (χ4n) is 6.17. The van der Waals surface area contributed by atoms with Crippen LogP contribution in [0.4, 0.5) is 18.9 Å². The van der Waals surface area contributed by atoms with Crippen molar-refractivity contribution in [2.24, 2.45) is 0 Å². The van der Waals surface area contributed by atoms with Gasteiger partial charge in [0.05, 0.1) is 12.0 Å². The molecule has 0 heterocycles. The molecule has 8 nitrogen and oxygen atoms in total. The monoisotopic (exact) mass is 673 g/mol. The van der Waals surface area contributed by atoms with Gasteiger partial charge in [0.15, 0.2) is 0 Å². The van der Waals surface area contributed by atoms with Crippen molar-refractivity contribution in [1.29, 1.82) is 0 Å². The molecule has 5 rings (SSSR count). The minimum Gasteiger partial charge on any atom is -0.480 e. The van der Waals surface area contributed by atoms with Crippen LogP contribution < -0.4 is 4.90 Å². The van der Waals surface area contributed by atoms with E-state index in [4.69, 9.17) is 4.74 Å². The van der Waals surface area contributed by atoms with Gasteiger partial charge in [0.2, 0.25) is 5.41 Å². The maximum absolute atomic E-state index is 14.3. The van der Waals surface area contributed by atoms with Crippen molar-refractivity contribution >= 4 is 29.5 Å². The van der Waals surface area contributed by atoms with Crippen molar-refractivity contribution in [3.63, 3.8) is 0 Å². The van der Waals surface area contributed by atoms with Crippen molar-refractivity contribution in [2.75, 3.05) is 11.5 Å². The van der Waals surface area contributed by atoms with Crippen molar-refractivity contribution in [3.8, 4) is 11.1 Å². The minimum absolute atomic E-state index is 0.0421. The molecule has 0 atom stereocenters. The van der Waals surface area contributed by atoms with Gasteiger partial charge in [-0.15, -0.1) is 0 Å². The molecule has 1 saturated carbocycles. The van der Waals surface area contributed by atoms with E-state index in [1.807, 2.05) is 0 Å². The summed E-state index contributed by atoms with van der Waals surface area (Å²) in [7, 11) is 0. The number of halogens is 3. The summed E-state index contributed by atoms with van der Waals surface area (Å²) in [5, 5.41) is 19.7. The van der Waals surface area contributed by atoms with Crippen LogP contribution in [0.3, 0.4) is 0 Å². The first-order chi connectivity index (χ1) is 23.4. The van der Waals surface area contributed by atoms with Crippen molar-refractivity contribution in [1.82, 2.24) is 0 Å². The van der Waals surface area contributed by atoms with Gasteiger partial charge in [-0.05, 0) is 65.4 Å². The van der Waals surface area contributed by atoms with Gasteiger partial charge in [-0.1, -0.05) is 92.1 Å². The van der Waals surface area contributed by atoms with Crippen molar-refractivity contribution in [3.05, 3.63) is 125 Å². The Morgan fingerprint density at radius 2 is 1.31 bits per heavy atom. The Morgan fingerprint density at radius 1 is 0.714 bits per heavy atom. The number of nitrogens with zero attached hydrogens (tertiary/aromatic N) is 1. The normalized spacial score (nSPS) is 13.8. The van der Waals surface area contributed by atoms with E-state index in [0.29, 0.717) is 27.9 Å². The zero-order chi connectivity index (χ0) is 35.2. The number of carbonyl (C=O) groups is 4. The Hall–Kier alpha value is -5.45. The lowest BCUT2D eigenvalue weighted by Gasteiger charge is -2.35. The lowest BCUT2D eigenvalue weighted by atomic mass is 9.81. The second-order valence-electron chi connectivity index (χ2n) is 12.0. The molecule has 1 amide bonds. The molecule has 0 unspecified atom stereocenters. The molecule has 0 radical (unpaired) electrons.